The Morgan fingerprint density at radius 3 is 2.87 bits per heavy atom. The smallest absolute Gasteiger partial charge is 0.346 e. The van der Waals surface area contributed by atoms with Crippen LogP contribution in [-0.2, 0) is 9.53 Å². The summed E-state index contributed by atoms with van der Waals surface area (Å²) in [6.07, 6.45) is 0.836. The minimum absolute atomic E-state index is 0.0230. The van der Waals surface area contributed by atoms with E-state index in [2.05, 4.69) is 0 Å². The maximum absolute atomic E-state index is 11.3. The number of carboxylic acid groups (broad SMARTS) is 1. The lowest BCUT2D eigenvalue weighted by molar-refractivity contribution is -0.131. The average molecular weight is 205 g/mol. The van der Waals surface area contributed by atoms with E-state index in [1.165, 1.54) is 0 Å². The van der Waals surface area contributed by atoms with Gasteiger partial charge in [0.05, 0.1) is 11.6 Å². The minimum atomic E-state index is -1.17. The highest BCUT2D eigenvalue weighted by atomic mass is 16.5. The van der Waals surface area contributed by atoms with Gasteiger partial charge < -0.3 is 15.6 Å². The summed E-state index contributed by atoms with van der Waals surface area (Å²) < 4.78 is 4.78. The highest BCUT2D eigenvalue weighted by molar-refractivity contribution is 6.09. The molecule has 3 N–H and O–H groups in total. The molecule has 0 spiro atoms. The van der Waals surface area contributed by atoms with Gasteiger partial charge in [0.25, 0.3) is 0 Å². The third-order valence-corrected chi connectivity index (χ3v) is 2.02. The second-order valence-electron chi connectivity index (χ2n) is 3.01. The number of esters is 1. The molecule has 0 atom stereocenters. The van der Waals surface area contributed by atoms with Gasteiger partial charge in [0, 0.05) is 11.3 Å². The topological polar surface area (TPSA) is 89.6 Å². The molecule has 0 bridgehead atoms. The maximum atomic E-state index is 11.3. The molecule has 5 nitrogen and oxygen atoms in total. The number of carbonyl (C=O) groups excluding carboxylic acids is 1. The number of fused-ring (bicyclic) bond motifs is 1. The number of nitrogen functional groups attached to an aromatic ring is 1. The van der Waals surface area contributed by atoms with Crippen LogP contribution in [0.1, 0.15) is 15.9 Å². The van der Waals surface area contributed by atoms with Crippen LogP contribution in [0, 0.1) is 0 Å². The first kappa shape index (κ1) is 9.26. The number of hydrogen-bond donors (Lipinski definition) is 2. The second-order valence-corrected chi connectivity index (χ2v) is 3.01. The molecule has 0 saturated heterocycles. The fourth-order valence-corrected chi connectivity index (χ4v) is 1.43. The first-order valence-corrected chi connectivity index (χ1v) is 4.15. The Balaban J connectivity index is 2.61. The zero-order chi connectivity index (χ0) is 11.0. The minimum Gasteiger partial charge on any atom is -0.478 e. The molecular formula is C10H7NO4. The van der Waals surface area contributed by atoms with Gasteiger partial charge in [-0.3, -0.25) is 0 Å². The summed E-state index contributed by atoms with van der Waals surface area (Å²) in [6.45, 7) is 0. The molecule has 0 unspecified atom stereocenters. The van der Waals surface area contributed by atoms with Crippen molar-refractivity contribution >= 4 is 23.4 Å². The van der Waals surface area contributed by atoms with Crippen LogP contribution in [0.25, 0.3) is 5.76 Å². The Hall–Kier alpha value is -2.30. The summed E-state index contributed by atoms with van der Waals surface area (Å²) >= 11 is 0. The van der Waals surface area contributed by atoms with Gasteiger partial charge in [0.1, 0.15) is 5.76 Å². The van der Waals surface area contributed by atoms with E-state index in [4.69, 9.17) is 15.6 Å². The van der Waals surface area contributed by atoms with Gasteiger partial charge in [0.15, 0.2) is 0 Å². The number of hydrogen-bond acceptors (Lipinski definition) is 4. The van der Waals surface area contributed by atoms with Crippen LogP contribution in [0.4, 0.5) is 5.69 Å². The number of cyclic esters (lactones) is 1. The number of carboxylic acids is 1. The SMILES string of the molecule is Nc1cccc2c1C(=O)O/C2=C\C(=O)O. The van der Waals surface area contributed by atoms with Crippen LogP contribution in [0.3, 0.4) is 0 Å². The van der Waals surface area contributed by atoms with Crippen LogP contribution < -0.4 is 5.73 Å². The standard InChI is InChI=1S/C10H7NO4/c11-6-3-1-2-5-7(4-8(12)13)15-10(14)9(5)6/h1-4H,11H2,(H,12,13)/b7-4-. The summed E-state index contributed by atoms with van der Waals surface area (Å²) in [5.74, 6) is -1.77. The largest absolute Gasteiger partial charge is 0.478 e. The number of rotatable bonds is 1. The number of aliphatic carboxylic acids is 1. The summed E-state index contributed by atoms with van der Waals surface area (Å²) in [5.41, 5.74) is 6.51. The van der Waals surface area contributed by atoms with E-state index in [-0.39, 0.29) is 17.0 Å². The molecule has 0 fully saturated rings. The molecule has 0 aromatic heterocycles. The van der Waals surface area contributed by atoms with Crippen molar-refractivity contribution in [2.24, 2.45) is 0 Å². The van der Waals surface area contributed by atoms with E-state index < -0.39 is 11.9 Å². The fourth-order valence-electron chi connectivity index (χ4n) is 1.43. The lowest BCUT2D eigenvalue weighted by Gasteiger charge is -1.97. The van der Waals surface area contributed by atoms with Crippen LogP contribution in [0.5, 0.6) is 0 Å². The molecule has 0 radical (unpaired) electrons. The van der Waals surface area contributed by atoms with E-state index in [0.717, 1.165) is 6.08 Å². The van der Waals surface area contributed by atoms with E-state index in [1.807, 2.05) is 0 Å². The molecule has 1 aromatic rings. The molecule has 15 heavy (non-hydrogen) atoms. The van der Waals surface area contributed by atoms with Crippen molar-refractivity contribution in [2.75, 3.05) is 5.73 Å². The molecule has 0 saturated carbocycles. The molecule has 76 valence electrons. The second kappa shape index (κ2) is 3.13. The van der Waals surface area contributed by atoms with Gasteiger partial charge in [0.2, 0.25) is 0 Å². The number of ether oxygens (including phenoxy) is 1. The highest BCUT2D eigenvalue weighted by Gasteiger charge is 2.28. The zero-order valence-electron chi connectivity index (χ0n) is 7.56. The summed E-state index contributed by atoms with van der Waals surface area (Å²) in [4.78, 5) is 21.8. The molecule has 1 aliphatic heterocycles. The van der Waals surface area contributed by atoms with Crippen molar-refractivity contribution in [2.45, 2.75) is 0 Å². The average Bonchev–Trinajstić information content (AvgIpc) is 2.44. The van der Waals surface area contributed by atoms with Gasteiger partial charge >= 0.3 is 11.9 Å². The maximum Gasteiger partial charge on any atom is 0.346 e. The van der Waals surface area contributed by atoms with Crippen LogP contribution in [-0.4, -0.2) is 17.0 Å². The predicted molar refractivity (Wildman–Crippen MR) is 51.9 cm³/mol. The lowest BCUT2D eigenvalue weighted by Crippen LogP contribution is -1.99. The number of carbonyl (C=O) groups is 2. The highest BCUT2D eigenvalue weighted by Crippen LogP contribution is 2.32. The van der Waals surface area contributed by atoms with Crippen molar-refractivity contribution in [3.05, 3.63) is 35.4 Å². The van der Waals surface area contributed by atoms with E-state index >= 15 is 0 Å². The van der Waals surface area contributed by atoms with Crippen molar-refractivity contribution in [1.29, 1.82) is 0 Å². The van der Waals surface area contributed by atoms with Crippen molar-refractivity contribution < 1.29 is 19.4 Å². The Kier molecular flexibility index (Phi) is 1.93. The van der Waals surface area contributed by atoms with Gasteiger partial charge in [-0.25, -0.2) is 9.59 Å². The summed E-state index contributed by atoms with van der Waals surface area (Å²) in [5, 5.41) is 8.56. The summed E-state index contributed by atoms with van der Waals surface area (Å²) in [7, 11) is 0. The normalized spacial score (nSPS) is 16.3. The fraction of sp³-hybridized carbons (Fsp3) is 0. The van der Waals surface area contributed by atoms with Gasteiger partial charge in [-0.15, -0.1) is 0 Å². The zero-order valence-corrected chi connectivity index (χ0v) is 7.56. The van der Waals surface area contributed by atoms with E-state index in [0.29, 0.717) is 5.56 Å². The number of benzene rings is 1. The van der Waals surface area contributed by atoms with Gasteiger partial charge in [-0.1, -0.05) is 12.1 Å². The lowest BCUT2D eigenvalue weighted by atomic mass is 10.1. The van der Waals surface area contributed by atoms with Crippen molar-refractivity contribution in [3.8, 4) is 0 Å². The molecule has 1 aliphatic rings. The molecule has 0 amide bonds. The monoisotopic (exact) mass is 205 g/mol. The van der Waals surface area contributed by atoms with Gasteiger partial charge in [-0.05, 0) is 6.07 Å². The molecule has 2 rings (SSSR count). The van der Waals surface area contributed by atoms with Crippen LogP contribution in [0.2, 0.25) is 0 Å². The molecule has 1 aromatic carbocycles. The van der Waals surface area contributed by atoms with E-state index in [9.17, 15) is 9.59 Å². The Morgan fingerprint density at radius 2 is 2.20 bits per heavy atom. The van der Waals surface area contributed by atoms with Crippen LogP contribution >= 0.6 is 0 Å². The third kappa shape index (κ3) is 1.43. The van der Waals surface area contributed by atoms with Gasteiger partial charge in [-0.2, -0.15) is 0 Å². The van der Waals surface area contributed by atoms with Crippen molar-refractivity contribution in [3.63, 3.8) is 0 Å². The third-order valence-electron chi connectivity index (χ3n) is 2.02. The number of nitrogens with two attached hydrogens (primary N) is 1. The van der Waals surface area contributed by atoms with E-state index in [1.54, 1.807) is 18.2 Å². The predicted octanol–water partition coefficient (Wildman–Crippen LogP) is 0.865. The molecule has 5 heteroatoms. The van der Waals surface area contributed by atoms with Crippen LogP contribution in [0.15, 0.2) is 24.3 Å². The Morgan fingerprint density at radius 1 is 1.47 bits per heavy atom. The quantitative estimate of drug-likeness (QED) is 0.403. The Bertz CT molecular complexity index is 490. The molecular weight excluding hydrogens is 198 g/mol. The first-order valence-electron chi connectivity index (χ1n) is 4.15. The Labute approximate surface area is 84.8 Å². The molecule has 0 aliphatic carbocycles. The van der Waals surface area contributed by atoms with Crippen molar-refractivity contribution in [1.82, 2.24) is 0 Å². The first-order chi connectivity index (χ1) is 7.09. The number of anilines is 1. The molecule has 1 heterocycles. The summed E-state index contributed by atoms with van der Waals surface area (Å²) in [6, 6.07) is 4.78.